The maximum atomic E-state index is 17.6. The summed E-state index contributed by atoms with van der Waals surface area (Å²) in [7, 11) is 0. The average molecular weight is 682 g/mol. The first kappa shape index (κ1) is 32.8. The van der Waals surface area contributed by atoms with Gasteiger partial charge in [-0.15, -0.1) is 0 Å². The number of esters is 1. The van der Waals surface area contributed by atoms with Gasteiger partial charge < -0.3 is 14.9 Å². The minimum absolute atomic E-state index is 0.0400. The van der Waals surface area contributed by atoms with Crippen LogP contribution >= 0.6 is 35.1 Å². The van der Waals surface area contributed by atoms with E-state index in [4.69, 9.17) is 16.3 Å². The molecule has 3 fully saturated rings. The van der Waals surface area contributed by atoms with E-state index in [1.54, 1.807) is 62.4 Å². The number of aliphatic hydroxyl groups is 1. The van der Waals surface area contributed by atoms with Gasteiger partial charge in [-0.2, -0.15) is 5.26 Å². The molecule has 240 valence electrons. The van der Waals surface area contributed by atoms with Crippen molar-refractivity contribution >= 4 is 52.0 Å². The number of phenols is 1. The van der Waals surface area contributed by atoms with Crippen molar-refractivity contribution in [2.24, 2.45) is 22.7 Å². The highest BCUT2D eigenvalue weighted by molar-refractivity contribution is 8.14. The van der Waals surface area contributed by atoms with Crippen LogP contribution in [0.2, 0.25) is 5.02 Å². The zero-order valence-electron chi connectivity index (χ0n) is 25.3. The molecule has 6 rings (SSSR count). The van der Waals surface area contributed by atoms with Crippen molar-refractivity contribution in [3.63, 3.8) is 0 Å². The highest BCUT2D eigenvalue weighted by Gasteiger charge is 2.75. The van der Waals surface area contributed by atoms with Crippen LogP contribution in [0.3, 0.4) is 0 Å². The Balaban J connectivity index is 1.31. The Kier molecular flexibility index (Phi) is 8.46. The number of thioether (sulfide) groups is 1. The van der Waals surface area contributed by atoms with Crippen molar-refractivity contribution in [1.29, 1.82) is 5.26 Å². The lowest BCUT2D eigenvalue weighted by Gasteiger charge is -2.62. The smallest absolute Gasteiger partial charge is 0.339 e. The van der Waals surface area contributed by atoms with Crippen LogP contribution in [-0.4, -0.2) is 50.2 Å². The Morgan fingerprint density at radius 2 is 1.85 bits per heavy atom. The molecule has 11 heteroatoms. The molecule has 2 aromatic rings. The maximum absolute atomic E-state index is 17.6. The van der Waals surface area contributed by atoms with Crippen molar-refractivity contribution in [1.82, 2.24) is 0 Å². The summed E-state index contributed by atoms with van der Waals surface area (Å²) in [4.78, 5) is 41.5. The number of nitriles is 1. The number of ether oxygens (including phenoxy) is 1. The van der Waals surface area contributed by atoms with Gasteiger partial charge >= 0.3 is 5.97 Å². The zero-order chi connectivity index (χ0) is 33.1. The Morgan fingerprint density at radius 1 is 1.13 bits per heavy atom. The number of nitrogens with zero attached hydrogens (tertiary/aromatic N) is 1. The van der Waals surface area contributed by atoms with Gasteiger partial charge in [0.05, 0.1) is 28.5 Å². The normalized spacial score (nSPS) is 34.5. The topological polar surface area (TPSA) is 125 Å². The zero-order valence-corrected chi connectivity index (χ0v) is 27.7. The summed E-state index contributed by atoms with van der Waals surface area (Å²) >= 11 is 8.04. The van der Waals surface area contributed by atoms with Gasteiger partial charge in [0.25, 0.3) is 0 Å². The Hall–Kier alpha value is -3.10. The Labute approximate surface area is 280 Å². The lowest BCUT2D eigenvalue weighted by atomic mass is 9.45. The number of carbonyl (C=O) groups is 3. The van der Waals surface area contributed by atoms with Gasteiger partial charge in [0.1, 0.15) is 5.75 Å². The molecule has 7 nitrogen and oxygen atoms in total. The van der Waals surface area contributed by atoms with Gasteiger partial charge in [0, 0.05) is 26.5 Å². The molecule has 2 N–H and O–H groups in total. The quantitative estimate of drug-likeness (QED) is 0.304. The SMILES string of the molecule is C[C@]12C=CC(=O)C=C1CCC1C3CC[C@](OC(=O)c4ccc(Sc5ccc(Cl)c(O)c5)cc4)(C(=O)SCC#N)[C@@]3(C)C[C@H](O)C12F. The number of ketones is 1. The minimum atomic E-state index is -2.09. The average Bonchev–Trinajstić information content (AvgIpc) is 3.31. The molecule has 0 spiro atoms. The number of benzene rings is 2. The molecule has 0 heterocycles. The van der Waals surface area contributed by atoms with Gasteiger partial charge in [0.2, 0.25) is 5.12 Å². The third-order valence-electron chi connectivity index (χ3n) is 10.9. The fraction of sp³-hybridized carbons (Fsp3) is 0.429. The van der Waals surface area contributed by atoms with E-state index in [1.165, 1.54) is 23.9 Å². The first-order valence-corrected chi connectivity index (χ1v) is 17.3. The van der Waals surface area contributed by atoms with Crippen LogP contribution < -0.4 is 0 Å². The number of aliphatic hydroxyl groups excluding tert-OH is 1. The van der Waals surface area contributed by atoms with Gasteiger partial charge in [-0.3, -0.25) is 9.59 Å². The monoisotopic (exact) mass is 681 g/mol. The molecule has 0 bridgehead atoms. The summed E-state index contributed by atoms with van der Waals surface area (Å²) in [6.07, 6.45) is 4.17. The molecular formula is C35H33ClFNO6S2. The summed E-state index contributed by atoms with van der Waals surface area (Å²) < 4.78 is 23.8. The van der Waals surface area contributed by atoms with Crippen LogP contribution in [0.5, 0.6) is 5.75 Å². The van der Waals surface area contributed by atoms with E-state index in [1.807, 2.05) is 6.07 Å². The number of carbonyl (C=O) groups excluding carboxylic acids is 3. The number of alkyl halides is 1. The third kappa shape index (κ3) is 4.93. The van der Waals surface area contributed by atoms with Crippen molar-refractivity contribution in [2.75, 3.05) is 5.75 Å². The third-order valence-corrected chi connectivity index (χ3v) is 13.1. The number of aromatic hydroxyl groups is 1. The number of phenolic OH excluding ortho intramolecular Hbond substituents is 1. The van der Waals surface area contributed by atoms with Crippen LogP contribution in [-0.2, 0) is 14.3 Å². The van der Waals surface area contributed by atoms with Gasteiger partial charge in [-0.1, -0.05) is 53.7 Å². The molecule has 2 aromatic carbocycles. The summed E-state index contributed by atoms with van der Waals surface area (Å²) in [5.41, 5.74) is -5.21. The van der Waals surface area contributed by atoms with Crippen molar-refractivity contribution in [3.05, 3.63) is 76.9 Å². The second-order valence-corrected chi connectivity index (χ2v) is 15.5. The van der Waals surface area contributed by atoms with Crippen LogP contribution in [0.1, 0.15) is 56.3 Å². The van der Waals surface area contributed by atoms with Crippen molar-refractivity contribution in [3.8, 4) is 11.8 Å². The molecular weight excluding hydrogens is 649 g/mol. The Morgan fingerprint density at radius 3 is 2.54 bits per heavy atom. The summed E-state index contributed by atoms with van der Waals surface area (Å²) in [5, 5.41) is 30.7. The molecule has 0 amide bonds. The van der Waals surface area contributed by atoms with E-state index in [9.17, 15) is 29.9 Å². The molecule has 3 saturated carbocycles. The number of hydrogen-bond acceptors (Lipinski definition) is 9. The largest absolute Gasteiger partial charge is 0.506 e. The standard InChI is InChI=1S/C35H33ClFNO6S2/c1-32-13-11-22(39)17-21(32)5-9-26-25-12-14-34(31(43)45-16-15-38,33(25,2)19-29(41)35(26,32)37)44-30(42)20-3-6-23(7-4-20)46-24-8-10-27(36)28(40)18-24/h3-4,6-8,10-11,13,17-18,25-26,29,40-41H,5,9,12,14,16,19H2,1-2H3/t25?,26?,29-,32-,33-,34-,35?/m0/s1. The van der Waals surface area contributed by atoms with E-state index in [0.29, 0.717) is 24.8 Å². The number of fused-ring (bicyclic) bond motifs is 5. The van der Waals surface area contributed by atoms with E-state index in [0.717, 1.165) is 21.6 Å². The van der Waals surface area contributed by atoms with Crippen LogP contribution in [0.15, 0.2) is 76.1 Å². The van der Waals surface area contributed by atoms with E-state index >= 15 is 4.39 Å². The van der Waals surface area contributed by atoms with Crippen LogP contribution in [0, 0.1) is 34.0 Å². The molecule has 46 heavy (non-hydrogen) atoms. The molecule has 0 aliphatic heterocycles. The van der Waals surface area contributed by atoms with E-state index < -0.39 is 51.1 Å². The van der Waals surface area contributed by atoms with E-state index in [-0.39, 0.29) is 40.7 Å². The fourth-order valence-electron chi connectivity index (χ4n) is 8.53. The van der Waals surface area contributed by atoms with Crippen LogP contribution in [0.4, 0.5) is 4.39 Å². The second-order valence-electron chi connectivity index (χ2n) is 13.0. The van der Waals surface area contributed by atoms with E-state index in [2.05, 4.69) is 0 Å². The predicted molar refractivity (Wildman–Crippen MR) is 173 cm³/mol. The van der Waals surface area contributed by atoms with Crippen LogP contribution in [0.25, 0.3) is 0 Å². The molecule has 0 aromatic heterocycles. The summed E-state index contributed by atoms with van der Waals surface area (Å²) in [6, 6.07) is 13.5. The molecule has 7 atom stereocenters. The predicted octanol–water partition coefficient (Wildman–Crippen LogP) is 7.25. The molecule has 4 aliphatic rings. The molecule has 4 aliphatic carbocycles. The summed E-state index contributed by atoms with van der Waals surface area (Å²) in [6.45, 7) is 3.54. The number of hydrogen-bond donors (Lipinski definition) is 2. The van der Waals surface area contributed by atoms with Gasteiger partial charge in [-0.25, -0.2) is 9.18 Å². The minimum Gasteiger partial charge on any atom is -0.506 e. The fourth-order valence-corrected chi connectivity index (χ4v) is 10.3. The first-order valence-electron chi connectivity index (χ1n) is 15.1. The Bertz CT molecular complexity index is 1720. The molecule has 0 radical (unpaired) electrons. The maximum Gasteiger partial charge on any atom is 0.339 e. The van der Waals surface area contributed by atoms with Gasteiger partial charge in [-0.05, 0) is 99.6 Å². The highest BCUT2D eigenvalue weighted by atomic mass is 35.5. The second kappa shape index (κ2) is 11.9. The van der Waals surface area contributed by atoms with Crippen molar-refractivity contribution in [2.45, 2.75) is 73.1 Å². The lowest BCUT2D eigenvalue weighted by molar-refractivity contribution is -0.214. The number of halogens is 2. The van der Waals surface area contributed by atoms with Gasteiger partial charge in [0.15, 0.2) is 17.1 Å². The lowest BCUT2D eigenvalue weighted by Crippen LogP contribution is -2.69. The summed E-state index contributed by atoms with van der Waals surface area (Å²) in [5.74, 6) is -2.17. The van der Waals surface area contributed by atoms with Crippen molar-refractivity contribution < 1.29 is 33.7 Å². The molecule has 0 saturated heterocycles. The number of allylic oxidation sites excluding steroid dienone is 4. The highest BCUT2D eigenvalue weighted by Crippen LogP contribution is 2.70. The molecule has 3 unspecified atom stereocenters. The number of rotatable bonds is 6. The first-order chi connectivity index (χ1) is 21.8.